The van der Waals surface area contributed by atoms with E-state index in [9.17, 15) is 23.5 Å². The minimum atomic E-state index is -2.84. The second-order valence-corrected chi connectivity index (χ2v) is 12.2. The summed E-state index contributed by atoms with van der Waals surface area (Å²) in [7, 11) is 0. The summed E-state index contributed by atoms with van der Waals surface area (Å²) in [5.74, 6) is -0.699. The molecule has 222 valence electrons. The van der Waals surface area contributed by atoms with E-state index in [4.69, 9.17) is 5.10 Å². The zero-order valence-electron chi connectivity index (χ0n) is 23.1. The molecule has 2 amide bonds. The molecule has 12 heteroatoms. The molecule has 1 fully saturated rings. The van der Waals surface area contributed by atoms with Crippen molar-refractivity contribution >= 4 is 38.8 Å². The highest BCUT2D eigenvalue weighted by molar-refractivity contribution is 9.10. The number of nitrogens with zero attached hydrogens (tertiary/aromatic N) is 5. The number of rotatable bonds is 5. The van der Waals surface area contributed by atoms with Gasteiger partial charge in [-0.05, 0) is 70.6 Å². The third-order valence-electron chi connectivity index (χ3n) is 8.96. The summed E-state index contributed by atoms with van der Waals surface area (Å²) in [6.45, 7) is 4.01. The summed E-state index contributed by atoms with van der Waals surface area (Å²) in [5.41, 5.74) is 4.79. The van der Waals surface area contributed by atoms with Gasteiger partial charge in [-0.25, -0.2) is 18.4 Å². The molecular weight excluding hydrogens is 622 g/mol. The molecule has 43 heavy (non-hydrogen) atoms. The number of hydrogen-bond acceptors (Lipinski definition) is 5. The van der Waals surface area contributed by atoms with E-state index >= 15 is 0 Å². The number of carbonyl (C=O) groups excluding carboxylic acids is 2. The summed E-state index contributed by atoms with van der Waals surface area (Å²) >= 11 is 3.35. The van der Waals surface area contributed by atoms with Crippen molar-refractivity contribution < 1.29 is 23.5 Å². The molecule has 1 saturated carbocycles. The van der Waals surface area contributed by atoms with Crippen molar-refractivity contribution in [2.24, 2.45) is 0 Å². The molecule has 0 spiro atoms. The van der Waals surface area contributed by atoms with Crippen molar-refractivity contribution in [3.05, 3.63) is 87.4 Å². The number of hydrogen-bond donors (Lipinski definition) is 2. The van der Waals surface area contributed by atoms with E-state index in [1.54, 1.807) is 17.0 Å². The van der Waals surface area contributed by atoms with Crippen LogP contribution in [0.3, 0.4) is 0 Å². The van der Waals surface area contributed by atoms with Crippen molar-refractivity contribution in [2.45, 2.75) is 50.2 Å². The van der Waals surface area contributed by atoms with E-state index in [0.29, 0.717) is 34.6 Å². The van der Waals surface area contributed by atoms with Gasteiger partial charge < -0.3 is 19.9 Å². The van der Waals surface area contributed by atoms with E-state index in [-0.39, 0.29) is 35.6 Å². The van der Waals surface area contributed by atoms with Gasteiger partial charge in [0.15, 0.2) is 5.82 Å². The molecule has 2 atom stereocenters. The Bertz CT molecular complexity index is 1760. The number of carbonyl (C=O) groups is 2. The molecule has 9 nitrogen and oxygen atoms in total. The third-order valence-corrected chi connectivity index (χ3v) is 9.60. The number of aliphatic hydroxyl groups is 1. The van der Waals surface area contributed by atoms with Crippen LogP contribution < -0.4 is 0 Å². The van der Waals surface area contributed by atoms with E-state index in [2.05, 4.69) is 44.6 Å². The number of nitrogens with one attached hydrogen (secondary N) is 1. The Morgan fingerprint density at radius 3 is 2.58 bits per heavy atom. The Morgan fingerprint density at radius 2 is 1.91 bits per heavy atom. The van der Waals surface area contributed by atoms with E-state index in [1.165, 1.54) is 35.8 Å². The quantitative estimate of drug-likeness (QED) is 0.277. The maximum absolute atomic E-state index is 14.2. The monoisotopic (exact) mass is 650 g/mol. The largest absolute Gasteiger partial charge is 0.385 e. The highest BCUT2D eigenvalue weighted by Gasteiger charge is 2.43. The highest BCUT2D eigenvalue weighted by atomic mass is 79.9. The van der Waals surface area contributed by atoms with Crippen molar-refractivity contribution in [3.63, 3.8) is 0 Å². The number of aromatic nitrogens is 4. The van der Waals surface area contributed by atoms with Crippen LogP contribution in [0.25, 0.3) is 16.7 Å². The Morgan fingerprint density at radius 1 is 1.14 bits per heavy atom. The average Bonchev–Trinajstić information content (AvgIpc) is 3.56. The van der Waals surface area contributed by atoms with Crippen LogP contribution in [-0.2, 0) is 11.2 Å². The van der Waals surface area contributed by atoms with E-state index in [0.717, 1.165) is 11.4 Å². The summed E-state index contributed by atoms with van der Waals surface area (Å²) < 4.78 is 29.4. The first-order chi connectivity index (χ1) is 20.7. The summed E-state index contributed by atoms with van der Waals surface area (Å²) in [4.78, 5) is 36.8. The second-order valence-electron chi connectivity index (χ2n) is 11.3. The molecule has 0 bridgehead atoms. The number of amides is 2. The van der Waals surface area contributed by atoms with Crippen molar-refractivity contribution in [3.8, 4) is 5.69 Å². The predicted molar refractivity (Wildman–Crippen MR) is 158 cm³/mol. The van der Waals surface area contributed by atoms with Gasteiger partial charge in [0.25, 0.3) is 12.3 Å². The molecular formula is C31H29BrF2N6O3. The van der Waals surface area contributed by atoms with Gasteiger partial charge in [-0.15, -0.1) is 0 Å². The lowest BCUT2D eigenvalue weighted by Gasteiger charge is -2.37. The molecule has 3 aliphatic rings. The number of β-amino-alcohol motifs (C(OH)–C–C–N with tert-alkyl or cyclic N) is 1. The maximum atomic E-state index is 14.2. The fraction of sp³-hybridized carbons (Fsp3) is 0.355. The van der Waals surface area contributed by atoms with Gasteiger partial charge >= 0.3 is 0 Å². The number of benzene rings is 2. The lowest BCUT2D eigenvalue weighted by Crippen LogP contribution is -2.46. The molecule has 4 aromatic rings. The zero-order chi connectivity index (χ0) is 30.0. The number of aliphatic hydroxyl groups excluding tert-OH is 1. The highest BCUT2D eigenvalue weighted by Crippen LogP contribution is 2.41. The fourth-order valence-corrected chi connectivity index (χ4v) is 6.97. The first kappa shape index (κ1) is 27.9. The van der Waals surface area contributed by atoms with Gasteiger partial charge in [0.05, 0.1) is 40.7 Å². The summed E-state index contributed by atoms with van der Waals surface area (Å²) in [6.07, 6.45) is 1.37. The second kappa shape index (κ2) is 10.7. The number of imidazole rings is 1. The van der Waals surface area contributed by atoms with Gasteiger partial charge in [0.2, 0.25) is 5.91 Å². The first-order valence-electron chi connectivity index (χ1n) is 14.3. The fourth-order valence-electron chi connectivity index (χ4n) is 6.55. The predicted octanol–water partition coefficient (Wildman–Crippen LogP) is 5.52. The lowest BCUT2D eigenvalue weighted by atomic mass is 9.80. The van der Waals surface area contributed by atoms with Gasteiger partial charge in [-0.2, -0.15) is 5.10 Å². The number of H-pyrrole nitrogens is 1. The van der Waals surface area contributed by atoms with Crippen LogP contribution in [-0.4, -0.2) is 66.1 Å². The van der Waals surface area contributed by atoms with Gasteiger partial charge in [0.1, 0.15) is 11.6 Å². The molecule has 0 radical (unpaired) electrons. The molecule has 0 saturated heterocycles. The molecule has 2 aromatic heterocycles. The minimum Gasteiger partial charge on any atom is -0.385 e. The van der Waals surface area contributed by atoms with Crippen LogP contribution >= 0.6 is 15.9 Å². The van der Waals surface area contributed by atoms with Gasteiger partial charge in [-0.3, -0.25) is 9.59 Å². The summed E-state index contributed by atoms with van der Waals surface area (Å²) in [6, 6.07) is 10.9. The Balaban J connectivity index is 1.32. The minimum absolute atomic E-state index is 0.00567. The van der Waals surface area contributed by atoms with Crippen molar-refractivity contribution in [2.75, 3.05) is 19.6 Å². The summed E-state index contributed by atoms with van der Waals surface area (Å²) in [5, 5.41) is 16.2. The molecule has 1 aliphatic carbocycles. The van der Waals surface area contributed by atoms with Crippen molar-refractivity contribution in [1.82, 2.24) is 29.5 Å². The van der Waals surface area contributed by atoms with Crippen LogP contribution in [0.4, 0.5) is 8.78 Å². The number of alkyl halides is 2. The number of aromatic amines is 1. The van der Waals surface area contributed by atoms with Crippen LogP contribution in [0.1, 0.15) is 82.4 Å². The molecule has 2 aromatic carbocycles. The van der Waals surface area contributed by atoms with Crippen LogP contribution in [0.15, 0.2) is 53.5 Å². The van der Waals surface area contributed by atoms with E-state index < -0.39 is 30.3 Å². The third kappa shape index (κ3) is 4.58. The maximum Gasteiger partial charge on any atom is 0.295 e. The van der Waals surface area contributed by atoms with E-state index in [1.807, 2.05) is 16.8 Å². The number of fused-ring (bicyclic) bond motifs is 1. The lowest BCUT2D eigenvalue weighted by molar-refractivity contribution is -0.128. The van der Waals surface area contributed by atoms with Crippen LogP contribution in [0.5, 0.6) is 0 Å². The molecule has 7 rings (SSSR count). The Labute approximate surface area is 254 Å². The molecule has 4 heterocycles. The standard InChI is InChI=1S/C31H29BrF2N6O3/c1-2-24(42)38-14-22-25-21(40(37-28(25)23(41)15-38)18-8-6-17(7-9-18)16-4-3-5-16)12-13-39(22)31(43)19-10-11-20(32)27-26(19)35-30(36-27)29(33)34/h2,6-11,16,22-23,29,41H,1,3-5,12-15H2,(H,35,36). The smallest absolute Gasteiger partial charge is 0.295 e. The molecule has 2 aliphatic heterocycles. The number of halogens is 3. The topological polar surface area (TPSA) is 107 Å². The Kier molecular flexibility index (Phi) is 6.93. The van der Waals surface area contributed by atoms with Gasteiger partial charge in [0, 0.05) is 29.5 Å². The first-order valence-corrected chi connectivity index (χ1v) is 15.1. The normalized spacial score (nSPS) is 20.2. The molecule has 2 unspecified atom stereocenters. The molecule has 2 N–H and O–H groups in total. The van der Waals surface area contributed by atoms with Crippen LogP contribution in [0.2, 0.25) is 0 Å². The average molecular weight is 652 g/mol. The SMILES string of the molecule is C=CC(=O)N1CC(O)c2nn(-c3ccc(C4CCC4)cc3)c3c2C(C1)N(C(=O)c1ccc(Br)c2nc(C(F)F)[nH]c12)CC3. The Hall–Kier alpha value is -3.90. The van der Waals surface area contributed by atoms with Gasteiger partial charge in [-0.1, -0.05) is 25.1 Å². The van der Waals surface area contributed by atoms with Crippen LogP contribution in [0, 0.1) is 0 Å². The zero-order valence-corrected chi connectivity index (χ0v) is 24.7. The van der Waals surface area contributed by atoms with Crippen molar-refractivity contribution in [1.29, 1.82) is 0 Å².